The van der Waals surface area contributed by atoms with Gasteiger partial charge >= 0.3 is 0 Å². The van der Waals surface area contributed by atoms with Gasteiger partial charge in [0, 0.05) is 17.8 Å². The van der Waals surface area contributed by atoms with Gasteiger partial charge in [-0.1, -0.05) is 35.0 Å². The van der Waals surface area contributed by atoms with E-state index >= 15 is 0 Å². The van der Waals surface area contributed by atoms with Gasteiger partial charge in [0.1, 0.15) is 5.82 Å². The maximum Gasteiger partial charge on any atom is 0.279 e. The minimum Gasteiger partial charge on any atom is -0.355 e. The van der Waals surface area contributed by atoms with Crippen LogP contribution in [-0.4, -0.2) is 16.0 Å². The van der Waals surface area contributed by atoms with Crippen molar-refractivity contribution in [3.8, 4) is 11.3 Å². The molecule has 1 amide bonds. The summed E-state index contributed by atoms with van der Waals surface area (Å²) >= 11 is 0. The van der Waals surface area contributed by atoms with Crippen LogP contribution in [0.25, 0.3) is 11.3 Å². The normalized spacial score (nSPS) is 10.5. The predicted octanol–water partition coefficient (Wildman–Crippen LogP) is 3.61. The molecule has 0 fully saturated rings. The molecule has 1 N–H and O–H groups in total. The molecule has 2 aromatic heterocycles. The molecular formula is C17H15N3O2. The van der Waals surface area contributed by atoms with Crippen LogP contribution < -0.4 is 5.32 Å². The van der Waals surface area contributed by atoms with Crippen molar-refractivity contribution in [3.63, 3.8) is 0 Å². The van der Waals surface area contributed by atoms with Crippen LogP contribution in [0.4, 0.5) is 5.82 Å². The van der Waals surface area contributed by atoms with Crippen LogP contribution in [0.5, 0.6) is 0 Å². The number of anilines is 1. The fourth-order valence-electron chi connectivity index (χ4n) is 2.02. The van der Waals surface area contributed by atoms with Gasteiger partial charge in [0.2, 0.25) is 0 Å². The van der Waals surface area contributed by atoms with Crippen LogP contribution >= 0.6 is 0 Å². The Morgan fingerprint density at radius 1 is 1.05 bits per heavy atom. The smallest absolute Gasteiger partial charge is 0.279 e. The molecule has 5 nitrogen and oxygen atoms in total. The average Bonchev–Trinajstić information content (AvgIpc) is 2.98. The lowest BCUT2D eigenvalue weighted by Crippen LogP contribution is -2.13. The number of nitrogens with one attached hydrogen (secondary N) is 1. The van der Waals surface area contributed by atoms with Crippen molar-refractivity contribution >= 4 is 11.7 Å². The summed E-state index contributed by atoms with van der Waals surface area (Å²) in [6.07, 6.45) is 1.64. The first-order chi connectivity index (χ1) is 10.6. The Balaban J connectivity index is 1.78. The van der Waals surface area contributed by atoms with Gasteiger partial charge in [-0.05, 0) is 31.5 Å². The van der Waals surface area contributed by atoms with Crippen LogP contribution in [0.15, 0.2) is 53.2 Å². The van der Waals surface area contributed by atoms with Crippen LogP contribution in [-0.2, 0) is 0 Å². The zero-order valence-corrected chi connectivity index (χ0v) is 12.3. The molecule has 0 aliphatic carbocycles. The van der Waals surface area contributed by atoms with Gasteiger partial charge in [0.05, 0.1) is 0 Å². The summed E-state index contributed by atoms with van der Waals surface area (Å²) in [5.41, 5.74) is 3.28. The number of hydrogen-bond acceptors (Lipinski definition) is 4. The van der Waals surface area contributed by atoms with E-state index in [4.69, 9.17) is 4.52 Å². The monoisotopic (exact) mass is 293 g/mol. The highest BCUT2D eigenvalue weighted by atomic mass is 16.5. The molecule has 1 aromatic carbocycles. The van der Waals surface area contributed by atoms with Crippen LogP contribution in [0.2, 0.25) is 0 Å². The van der Waals surface area contributed by atoms with Crippen molar-refractivity contribution < 1.29 is 9.32 Å². The van der Waals surface area contributed by atoms with E-state index in [0.717, 1.165) is 16.7 Å². The third kappa shape index (κ3) is 3.03. The van der Waals surface area contributed by atoms with Crippen molar-refractivity contribution in [2.45, 2.75) is 13.8 Å². The van der Waals surface area contributed by atoms with Crippen molar-refractivity contribution in [2.75, 3.05) is 5.32 Å². The first kappa shape index (κ1) is 14.0. The van der Waals surface area contributed by atoms with E-state index in [1.54, 1.807) is 18.3 Å². The summed E-state index contributed by atoms with van der Waals surface area (Å²) in [4.78, 5) is 16.2. The number of carbonyl (C=O) groups is 1. The molecule has 0 aliphatic rings. The number of aromatic nitrogens is 2. The Hall–Kier alpha value is -2.95. The molecule has 0 spiro atoms. The molecule has 5 heteroatoms. The molecule has 110 valence electrons. The van der Waals surface area contributed by atoms with Gasteiger partial charge in [-0.3, -0.25) is 4.79 Å². The van der Waals surface area contributed by atoms with Gasteiger partial charge in [0.25, 0.3) is 5.91 Å². The van der Waals surface area contributed by atoms with Crippen LogP contribution in [0, 0.1) is 13.8 Å². The highest BCUT2D eigenvalue weighted by Gasteiger charge is 2.14. The van der Waals surface area contributed by atoms with Gasteiger partial charge in [-0.25, -0.2) is 4.98 Å². The molecule has 22 heavy (non-hydrogen) atoms. The molecule has 0 unspecified atom stereocenters. The summed E-state index contributed by atoms with van der Waals surface area (Å²) in [6, 6.07) is 13.1. The minimum atomic E-state index is -0.347. The zero-order chi connectivity index (χ0) is 15.5. The molecule has 0 bridgehead atoms. The van der Waals surface area contributed by atoms with Gasteiger partial charge in [-0.2, -0.15) is 0 Å². The number of carbonyl (C=O) groups excluding carboxylic acids is 1. The van der Waals surface area contributed by atoms with Crippen molar-refractivity contribution in [3.05, 3.63) is 65.5 Å². The minimum absolute atomic E-state index is 0.221. The van der Waals surface area contributed by atoms with Crippen molar-refractivity contribution in [2.24, 2.45) is 0 Å². The van der Waals surface area contributed by atoms with E-state index in [0.29, 0.717) is 11.6 Å². The summed E-state index contributed by atoms with van der Waals surface area (Å²) in [5, 5.41) is 6.52. The number of amides is 1. The summed E-state index contributed by atoms with van der Waals surface area (Å²) < 4.78 is 5.24. The Morgan fingerprint density at radius 3 is 2.55 bits per heavy atom. The maximum absolute atomic E-state index is 12.2. The molecule has 2 heterocycles. The Bertz CT molecular complexity index is 807. The second kappa shape index (κ2) is 5.81. The molecule has 0 atom stereocenters. The molecule has 0 radical (unpaired) electrons. The van der Waals surface area contributed by atoms with E-state index in [-0.39, 0.29) is 11.6 Å². The Morgan fingerprint density at radius 2 is 1.82 bits per heavy atom. The second-order valence-electron chi connectivity index (χ2n) is 5.11. The highest BCUT2D eigenvalue weighted by molar-refractivity contribution is 6.02. The number of aryl methyl sites for hydroxylation is 2. The predicted molar refractivity (Wildman–Crippen MR) is 83.6 cm³/mol. The standard InChI is InChI=1S/C17H15N3O2/c1-11-3-5-13(6-4-11)15-10-14(20-22-15)17(21)19-16-9-12(2)7-8-18-16/h3-10H,1-2H3,(H,18,19,21). The Kier molecular flexibility index (Phi) is 3.70. The first-order valence-electron chi connectivity index (χ1n) is 6.89. The first-order valence-corrected chi connectivity index (χ1v) is 6.89. The molecular weight excluding hydrogens is 278 g/mol. The van der Waals surface area contributed by atoms with E-state index < -0.39 is 0 Å². The number of hydrogen-bond donors (Lipinski definition) is 1. The lowest BCUT2D eigenvalue weighted by molar-refractivity contribution is 0.101. The number of rotatable bonds is 3. The van der Waals surface area contributed by atoms with E-state index in [1.807, 2.05) is 44.2 Å². The third-order valence-corrected chi connectivity index (χ3v) is 3.24. The molecule has 0 saturated carbocycles. The van der Waals surface area contributed by atoms with Gasteiger partial charge in [-0.15, -0.1) is 0 Å². The highest BCUT2D eigenvalue weighted by Crippen LogP contribution is 2.21. The largest absolute Gasteiger partial charge is 0.355 e. The van der Waals surface area contributed by atoms with Crippen LogP contribution in [0.1, 0.15) is 21.6 Å². The SMILES string of the molecule is Cc1ccc(-c2cc(C(=O)Nc3cc(C)ccn3)no2)cc1. The summed E-state index contributed by atoms with van der Waals surface area (Å²) in [6.45, 7) is 3.95. The molecule has 0 saturated heterocycles. The summed E-state index contributed by atoms with van der Waals surface area (Å²) in [7, 11) is 0. The van der Waals surface area contributed by atoms with Crippen molar-refractivity contribution in [1.82, 2.24) is 10.1 Å². The number of nitrogens with zero attached hydrogens (tertiary/aromatic N) is 2. The third-order valence-electron chi connectivity index (χ3n) is 3.24. The van der Waals surface area contributed by atoms with E-state index in [2.05, 4.69) is 15.5 Å². The molecule has 0 aliphatic heterocycles. The average molecular weight is 293 g/mol. The van der Waals surface area contributed by atoms with E-state index in [9.17, 15) is 4.79 Å². The zero-order valence-electron chi connectivity index (χ0n) is 12.3. The van der Waals surface area contributed by atoms with Crippen molar-refractivity contribution in [1.29, 1.82) is 0 Å². The number of benzene rings is 1. The molecule has 3 rings (SSSR count). The molecule has 3 aromatic rings. The fraction of sp³-hybridized carbons (Fsp3) is 0.118. The lowest BCUT2D eigenvalue weighted by atomic mass is 10.1. The van der Waals surface area contributed by atoms with E-state index in [1.165, 1.54) is 0 Å². The van der Waals surface area contributed by atoms with Gasteiger partial charge < -0.3 is 9.84 Å². The fourth-order valence-corrected chi connectivity index (χ4v) is 2.02. The lowest BCUT2D eigenvalue weighted by Gasteiger charge is -2.01. The summed E-state index contributed by atoms with van der Waals surface area (Å²) in [5.74, 6) is 0.701. The maximum atomic E-state index is 12.2. The van der Waals surface area contributed by atoms with Gasteiger partial charge in [0.15, 0.2) is 11.5 Å². The second-order valence-corrected chi connectivity index (χ2v) is 5.11. The topological polar surface area (TPSA) is 68.0 Å². The van der Waals surface area contributed by atoms with Crippen LogP contribution in [0.3, 0.4) is 0 Å². The number of pyridine rings is 1. The Labute approximate surface area is 128 Å². The quantitative estimate of drug-likeness (QED) is 0.801.